The van der Waals surface area contributed by atoms with Crippen molar-refractivity contribution in [3.8, 4) is 0 Å². The van der Waals surface area contributed by atoms with Crippen LogP contribution in [0, 0.1) is 0 Å². The summed E-state index contributed by atoms with van der Waals surface area (Å²) in [5.41, 5.74) is 0. The maximum absolute atomic E-state index is 12.9. The van der Waals surface area contributed by atoms with E-state index in [0.29, 0.717) is 23.9 Å². The van der Waals surface area contributed by atoms with Crippen LogP contribution in [-0.4, -0.2) is 74.9 Å². The molecule has 0 bridgehead atoms. The van der Waals surface area contributed by atoms with E-state index < -0.39 is 26.5 Å². The van der Waals surface area contributed by atoms with E-state index in [0.717, 1.165) is 57.8 Å². The summed E-state index contributed by atoms with van der Waals surface area (Å²) >= 11 is 0. The van der Waals surface area contributed by atoms with Crippen LogP contribution in [0.25, 0.3) is 0 Å². The van der Waals surface area contributed by atoms with Gasteiger partial charge in [0.25, 0.3) is 0 Å². The number of esters is 2. The van der Waals surface area contributed by atoms with Gasteiger partial charge in [-0.1, -0.05) is 306 Å². The molecular formula is C68H129NO8P+. The molecule has 78 heavy (non-hydrogen) atoms. The molecule has 2 atom stereocenters. The Morgan fingerprint density at radius 2 is 0.731 bits per heavy atom. The van der Waals surface area contributed by atoms with Crippen LogP contribution in [0.15, 0.2) is 48.6 Å². The van der Waals surface area contributed by atoms with Crippen molar-refractivity contribution >= 4 is 19.8 Å². The van der Waals surface area contributed by atoms with E-state index in [1.165, 1.54) is 231 Å². The lowest BCUT2D eigenvalue weighted by Crippen LogP contribution is -2.37. The smallest absolute Gasteiger partial charge is 0.462 e. The van der Waals surface area contributed by atoms with Crippen LogP contribution in [0.3, 0.4) is 0 Å². The molecule has 9 nitrogen and oxygen atoms in total. The number of quaternary nitrogens is 1. The van der Waals surface area contributed by atoms with Crippen LogP contribution in [-0.2, 0) is 32.7 Å². The van der Waals surface area contributed by atoms with Crippen molar-refractivity contribution in [2.45, 2.75) is 328 Å². The minimum absolute atomic E-state index is 0.0337. The van der Waals surface area contributed by atoms with Crippen molar-refractivity contribution in [2.75, 3.05) is 47.5 Å². The lowest BCUT2D eigenvalue weighted by Gasteiger charge is -2.24. The van der Waals surface area contributed by atoms with Gasteiger partial charge >= 0.3 is 19.8 Å². The molecule has 0 aliphatic heterocycles. The first-order valence-electron chi connectivity index (χ1n) is 33.4. The molecular weight excluding hydrogens is 990 g/mol. The Hall–Kier alpha value is -2.03. The Bertz CT molecular complexity index is 1460. The number of unbranched alkanes of at least 4 members (excludes halogenated alkanes) is 40. The lowest BCUT2D eigenvalue weighted by molar-refractivity contribution is -0.870. The molecule has 0 aliphatic rings. The largest absolute Gasteiger partial charge is 0.472 e. The molecule has 0 fully saturated rings. The van der Waals surface area contributed by atoms with Gasteiger partial charge in [0.05, 0.1) is 27.7 Å². The first kappa shape index (κ1) is 76.0. The van der Waals surface area contributed by atoms with Crippen LogP contribution >= 0.6 is 7.82 Å². The number of allylic oxidation sites excluding steroid dienone is 8. The van der Waals surface area contributed by atoms with Gasteiger partial charge in [-0.15, -0.1) is 0 Å². The van der Waals surface area contributed by atoms with Crippen molar-refractivity contribution in [2.24, 2.45) is 0 Å². The van der Waals surface area contributed by atoms with Crippen LogP contribution in [0.4, 0.5) is 0 Å². The summed E-state index contributed by atoms with van der Waals surface area (Å²) in [6, 6.07) is 0. The Morgan fingerprint density at radius 3 is 1.09 bits per heavy atom. The fourth-order valence-corrected chi connectivity index (χ4v) is 10.5. The molecule has 10 heteroatoms. The Kier molecular flexibility index (Phi) is 58.0. The first-order chi connectivity index (χ1) is 38.0. The molecule has 0 heterocycles. The highest BCUT2D eigenvalue weighted by Gasteiger charge is 2.27. The van der Waals surface area contributed by atoms with Crippen LogP contribution in [0.2, 0.25) is 0 Å². The molecule has 0 aromatic heterocycles. The van der Waals surface area contributed by atoms with Crippen molar-refractivity contribution in [1.29, 1.82) is 0 Å². The molecule has 0 saturated carbocycles. The van der Waals surface area contributed by atoms with E-state index in [4.69, 9.17) is 18.5 Å². The van der Waals surface area contributed by atoms with E-state index in [9.17, 15) is 19.0 Å². The van der Waals surface area contributed by atoms with E-state index in [-0.39, 0.29) is 25.6 Å². The van der Waals surface area contributed by atoms with E-state index in [1.54, 1.807) is 0 Å². The average molecular weight is 1120 g/mol. The zero-order chi connectivity index (χ0) is 57.0. The molecule has 0 aromatic carbocycles. The summed E-state index contributed by atoms with van der Waals surface area (Å²) in [5, 5.41) is 0. The van der Waals surface area contributed by atoms with Gasteiger partial charge < -0.3 is 18.9 Å². The van der Waals surface area contributed by atoms with Gasteiger partial charge in [-0.3, -0.25) is 18.6 Å². The second-order valence-corrected chi connectivity index (χ2v) is 25.3. The molecule has 0 spiro atoms. The highest BCUT2D eigenvalue weighted by molar-refractivity contribution is 7.47. The predicted molar refractivity (Wildman–Crippen MR) is 335 cm³/mol. The fraction of sp³-hybridized carbons (Fsp3) is 0.853. The van der Waals surface area contributed by atoms with Gasteiger partial charge in [0.1, 0.15) is 19.8 Å². The summed E-state index contributed by atoms with van der Waals surface area (Å²) in [6.45, 7) is 4.38. The maximum Gasteiger partial charge on any atom is 0.472 e. The minimum Gasteiger partial charge on any atom is -0.462 e. The zero-order valence-corrected chi connectivity index (χ0v) is 53.1. The van der Waals surface area contributed by atoms with Crippen LogP contribution in [0.1, 0.15) is 322 Å². The Morgan fingerprint density at radius 1 is 0.410 bits per heavy atom. The highest BCUT2D eigenvalue weighted by atomic mass is 31.2. The molecule has 458 valence electrons. The van der Waals surface area contributed by atoms with E-state index in [2.05, 4.69) is 62.5 Å². The molecule has 0 aliphatic carbocycles. The number of rotatable bonds is 62. The Labute approximate surface area is 484 Å². The number of likely N-dealkylation sites (N-methyl/N-ethyl adjacent to an activating group) is 1. The normalized spacial score (nSPS) is 13.5. The van der Waals surface area contributed by atoms with Gasteiger partial charge in [-0.25, -0.2) is 4.57 Å². The van der Waals surface area contributed by atoms with E-state index in [1.807, 2.05) is 21.1 Å². The number of nitrogens with zero attached hydrogens (tertiary/aromatic N) is 1. The summed E-state index contributed by atoms with van der Waals surface area (Å²) < 4.78 is 34.7. The number of hydrogen-bond donors (Lipinski definition) is 1. The predicted octanol–water partition coefficient (Wildman–Crippen LogP) is 21.3. The summed E-state index contributed by atoms with van der Waals surface area (Å²) in [5.74, 6) is -0.779. The van der Waals surface area contributed by atoms with Gasteiger partial charge in [0.15, 0.2) is 6.10 Å². The fourth-order valence-electron chi connectivity index (χ4n) is 9.78. The molecule has 0 saturated heterocycles. The number of phosphoric ester groups is 1. The van der Waals surface area contributed by atoms with Gasteiger partial charge in [0.2, 0.25) is 0 Å². The monoisotopic (exact) mass is 1120 g/mol. The van der Waals surface area contributed by atoms with Gasteiger partial charge in [-0.2, -0.15) is 0 Å². The standard InChI is InChI=1S/C68H128NO8P/c1-6-8-10-12-14-16-18-20-22-24-26-28-30-32-33-34-35-37-39-41-43-45-47-49-51-53-55-57-59-61-68(71)77-66(65-76-78(72,73)75-63-62-69(3,4)5)64-74-67(70)60-58-56-54-52-50-48-46-44-42-40-38-36-31-29-27-25-23-21-19-17-15-13-11-9-7-2/h8,10,14,16,20,22,26,28,66H,6-7,9,11-13,15,17-19,21,23-25,27,29-65H2,1-5H3/p+1/b10-8-,16-14-,22-20-,28-26-. The lowest BCUT2D eigenvalue weighted by atomic mass is 10.0. The molecule has 0 amide bonds. The van der Waals surface area contributed by atoms with Crippen LogP contribution < -0.4 is 0 Å². The number of carbonyl (C=O) groups is 2. The number of phosphoric acid groups is 1. The third kappa shape index (κ3) is 63.2. The molecule has 0 radical (unpaired) electrons. The second-order valence-electron chi connectivity index (χ2n) is 23.8. The van der Waals surface area contributed by atoms with Crippen molar-refractivity contribution < 1.29 is 42.1 Å². The number of hydrogen-bond acceptors (Lipinski definition) is 7. The minimum atomic E-state index is -4.39. The summed E-state index contributed by atoms with van der Waals surface area (Å²) in [7, 11) is 1.49. The molecule has 1 N–H and O–H groups in total. The van der Waals surface area contributed by atoms with Gasteiger partial charge in [-0.05, 0) is 51.4 Å². The third-order valence-corrected chi connectivity index (χ3v) is 15.9. The molecule has 2 unspecified atom stereocenters. The Balaban J connectivity index is 4.04. The number of carbonyl (C=O) groups excluding carboxylic acids is 2. The zero-order valence-electron chi connectivity index (χ0n) is 52.2. The summed E-state index contributed by atoms with van der Waals surface area (Å²) in [6.07, 6.45) is 76.3. The van der Waals surface area contributed by atoms with Crippen LogP contribution in [0.5, 0.6) is 0 Å². The maximum atomic E-state index is 12.9. The first-order valence-corrected chi connectivity index (χ1v) is 34.9. The molecule has 0 rings (SSSR count). The topological polar surface area (TPSA) is 108 Å². The SMILES string of the molecule is CC/C=C\C/C=C\C/C=C\C/C=C\CCCCCCCCCCCCCCCCCCC(=O)OC(COC(=O)CCCCCCCCCCCCCCCCCCCCCCCCCCC)COP(=O)(O)OCC[N+](C)(C)C. The summed E-state index contributed by atoms with van der Waals surface area (Å²) in [4.78, 5) is 35.8. The van der Waals surface area contributed by atoms with Crippen molar-refractivity contribution in [3.63, 3.8) is 0 Å². The second kappa shape index (κ2) is 59.6. The van der Waals surface area contributed by atoms with E-state index >= 15 is 0 Å². The van der Waals surface area contributed by atoms with Gasteiger partial charge in [0, 0.05) is 12.8 Å². The number of ether oxygens (including phenoxy) is 2. The highest BCUT2D eigenvalue weighted by Crippen LogP contribution is 2.43. The average Bonchev–Trinajstić information content (AvgIpc) is 3.41. The van der Waals surface area contributed by atoms with Crippen molar-refractivity contribution in [3.05, 3.63) is 48.6 Å². The third-order valence-electron chi connectivity index (χ3n) is 14.9. The van der Waals surface area contributed by atoms with Crippen molar-refractivity contribution in [1.82, 2.24) is 0 Å². The quantitative estimate of drug-likeness (QED) is 0.0211. The molecule has 0 aromatic rings.